The lowest BCUT2D eigenvalue weighted by molar-refractivity contribution is -0.173. The van der Waals surface area contributed by atoms with Gasteiger partial charge in [0, 0.05) is 12.1 Å². The molecule has 2 atom stereocenters. The first-order chi connectivity index (χ1) is 15.7. The molecule has 2 N–H and O–H groups in total. The summed E-state index contributed by atoms with van der Waals surface area (Å²) in [6, 6.07) is 9.44. The van der Waals surface area contributed by atoms with Crippen molar-refractivity contribution in [3.63, 3.8) is 0 Å². The number of alkyl halides is 3. The first kappa shape index (κ1) is 22.5. The molecule has 0 spiro atoms. The van der Waals surface area contributed by atoms with Gasteiger partial charge in [0.2, 0.25) is 0 Å². The Morgan fingerprint density at radius 1 is 1.15 bits per heavy atom. The summed E-state index contributed by atoms with van der Waals surface area (Å²) in [5, 5.41) is 9.70. The molecule has 0 saturated heterocycles. The second-order valence-electron chi connectivity index (χ2n) is 7.78. The summed E-state index contributed by atoms with van der Waals surface area (Å²) in [5.41, 5.74) is 2.07. The van der Waals surface area contributed by atoms with Gasteiger partial charge in [-0.1, -0.05) is 18.2 Å². The summed E-state index contributed by atoms with van der Waals surface area (Å²) in [7, 11) is 2.94. The standard InChI is InChI=1S/C23H23F3N4O3/c1-13-5-4-6-15(9-13)28-22(31)16-12-27-30-20(23(24,25)26)11-17(29-21(16)30)14-7-8-18(32-2)19(10-14)33-3/h4-10,12,17,20,29H,11H2,1-3H3,(H,28,31). The van der Waals surface area contributed by atoms with Gasteiger partial charge in [0.05, 0.1) is 26.5 Å². The van der Waals surface area contributed by atoms with Crippen molar-refractivity contribution in [2.45, 2.75) is 31.6 Å². The van der Waals surface area contributed by atoms with Gasteiger partial charge in [0.25, 0.3) is 5.91 Å². The molecule has 2 aromatic carbocycles. The molecule has 174 valence electrons. The van der Waals surface area contributed by atoms with Crippen molar-refractivity contribution in [3.8, 4) is 11.5 Å². The summed E-state index contributed by atoms with van der Waals surface area (Å²) in [6.07, 6.45) is -3.70. The van der Waals surface area contributed by atoms with Crippen molar-refractivity contribution in [2.75, 3.05) is 24.9 Å². The third-order valence-corrected chi connectivity index (χ3v) is 5.57. The van der Waals surface area contributed by atoms with Gasteiger partial charge in [0.15, 0.2) is 17.5 Å². The summed E-state index contributed by atoms with van der Waals surface area (Å²) in [6.45, 7) is 1.88. The fourth-order valence-corrected chi connectivity index (χ4v) is 3.94. The molecule has 0 bridgehead atoms. The van der Waals surface area contributed by atoms with E-state index < -0.39 is 24.2 Å². The molecule has 0 saturated carbocycles. The van der Waals surface area contributed by atoms with Crippen LogP contribution < -0.4 is 20.1 Å². The predicted molar refractivity (Wildman–Crippen MR) is 117 cm³/mol. The van der Waals surface area contributed by atoms with Crippen LogP contribution in [0.2, 0.25) is 0 Å². The molecule has 7 nitrogen and oxygen atoms in total. The normalized spacial score (nSPS) is 17.6. The number of aryl methyl sites for hydroxylation is 1. The zero-order valence-electron chi connectivity index (χ0n) is 18.2. The van der Waals surface area contributed by atoms with Crippen LogP contribution in [-0.2, 0) is 0 Å². The molecule has 4 rings (SSSR count). The number of amides is 1. The Hall–Kier alpha value is -3.69. The maximum atomic E-state index is 13.9. The van der Waals surface area contributed by atoms with E-state index in [1.165, 1.54) is 14.2 Å². The van der Waals surface area contributed by atoms with Crippen molar-refractivity contribution >= 4 is 17.4 Å². The quantitative estimate of drug-likeness (QED) is 0.553. The Labute approximate surface area is 188 Å². The first-order valence-corrected chi connectivity index (χ1v) is 10.2. The Morgan fingerprint density at radius 3 is 2.58 bits per heavy atom. The van der Waals surface area contributed by atoms with Gasteiger partial charge >= 0.3 is 6.18 Å². The molecule has 3 aromatic rings. The first-order valence-electron chi connectivity index (χ1n) is 10.2. The smallest absolute Gasteiger partial charge is 0.410 e. The van der Waals surface area contributed by atoms with Crippen molar-refractivity contribution in [3.05, 3.63) is 65.4 Å². The van der Waals surface area contributed by atoms with Crippen LogP contribution in [-0.4, -0.2) is 36.1 Å². The van der Waals surface area contributed by atoms with E-state index in [1.54, 1.807) is 36.4 Å². The summed E-state index contributed by atoms with van der Waals surface area (Å²) in [4.78, 5) is 12.9. The Balaban J connectivity index is 1.70. The van der Waals surface area contributed by atoms with E-state index in [1.807, 2.05) is 13.0 Å². The van der Waals surface area contributed by atoms with Gasteiger partial charge in [-0.05, 0) is 42.3 Å². The number of carbonyl (C=O) groups is 1. The van der Waals surface area contributed by atoms with E-state index in [-0.39, 0.29) is 17.8 Å². The average molecular weight is 460 g/mol. The summed E-state index contributed by atoms with van der Waals surface area (Å²) < 4.78 is 53.2. The number of halogens is 3. The highest BCUT2D eigenvalue weighted by molar-refractivity contribution is 6.07. The number of ether oxygens (including phenoxy) is 2. The number of carbonyl (C=O) groups excluding carboxylic acids is 1. The number of anilines is 2. The van der Waals surface area contributed by atoms with Gasteiger partial charge in [-0.2, -0.15) is 18.3 Å². The molecule has 0 aliphatic carbocycles. The molecule has 1 aromatic heterocycles. The number of nitrogens with one attached hydrogen (secondary N) is 2. The van der Waals surface area contributed by atoms with E-state index in [0.29, 0.717) is 22.7 Å². The molecule has 1 aliphatic rings. The Bertz CT molecular complexity index is 1180. The maximum Gasteiger partial charge on any atom is 0.410 e. The zero-order chi connectivity index (χ0) is 23.8. The predicted octanol–water partition coefficient (Wildman–Crippen LogP) is 5.12. The second kappa shape index (κ2) is 8.68. The maximum absolute atomic E-state index is 13.9. The van der Waals surface area contributed by atoms with Crippen LogP contribution in [0.5, 0.6) is 11.5 Å². The number of methoxy groups -OCH3 is 2. The fourth-order valence-electron chi connectivity index (χ4n) is 3.94. The number of rotatable bonds is 5. The third-order valence-electron chi connectivity index (χ3n) is 5.57. The lowest BCUT2D eigenvalue weighted by atomic mass is 9.96. The van der Waals surface area contributed by atoms with Crippen molar-refractivity contribution < 1.29 is 27.4 Å². The molecular formula is C23H23F3N4O3. The monoisotopic (exact) mass is 460 g/mol. The van der Waals surface area contributed by atoms with Gasteiger partial charge < -0.3 is 20.1 Å². The molecule has 1 aliphatic heterocycles. The van der Waals surface area contributed by atoms with Crippen LogP contribution in [0.3, 0.4) is 0 Å². The minimum absolute atomic E-state index is 0.00788. The van der Waals surface area contributed by atoms with E-state index >= 15 is 0 Å². The largest absolute Gasteiger partial charge is 0.493 e. The highest BCUT2D eigenvalue weighted by Gasteiger charge is 2.47. The van der Waals surface area contributed by atoms with Crippen LogP contribution >= 0.6 is 0 Å². The molecule has 2 unspecified atom stereocenters. The van der Waals surface area contributed by atoms with E-state index in [9.17, 15) is 18.0 Å². The number of benzene rings is 2. The van der Waals surface area contributed by atoms with Crippen molar-refractivity contribution in [1.29, 1.82) is 0 Å². The molecule has 2 heterocycles. The summed E-state index contributed by atoms with van der Waals surface area (Å²) in [5.74, 6) is 0.321. The minimum Gasteiger partial charge on any atom is -0.493 e. The highest BCUT2D eigenvalue weighted by atomic mass is 19.4. The average Bonchev–Trinajstić information content (AvgIpc) is 3.21. The SMILES string of the molecule is COc1ccc(C2CC(C(F)(F)F)n3ncc(C(=O)Nc4cccc(C)c4)c3N2)cc1OC. The lowest BCUT2D eigenvalue weighted by Crippen LogP contribution is -2.36. The van der Waals surface area contributed by atoms with E-state index in [0.717, 1.165) is 16.4 Å². The number of hydrogen-bond donors (Lipinski definition) is 2. The third kappa shape index (κ3) is 4.46. The molecule has 33 heavy (non-hydrogen) atoms. The number of nitrogens with zero attached hydrogens (tertiary/aromatic N) is 2. The van der Waals surface area contributed by atoms with Crippen LogP contribution in [0.25, 0.3) is 0 Å². The van der Waals surface area contributed by atoms with Gasteiger partial charge in [-0.15, -0.1) is 0 Å². The van der Waals surface area contributed by atoms with Gasteiger partial charge in [-0.25, -0.2) is 4.68 Å². The van der Waals surface area contributed by atoms with E-state index in [4.69, 9.17) is 9.47 Å². The molecule has 0 radical (unpaired) electrons. The fraction of sp³-hybridized carbons (Fsp3) is 0.304. The second-order valence-corrected chi connectivity index (χ2v) is 7.78. The lowest BCUT2D eigenvalue weighted by Gasteiger charge is -2.34. The molecular weight excluding hydrogens is 437 g/mol. The van der Waals surface area contributed by atoms with Crippen LogP contribution in [0.4, 0.5) is 24.7 Å². The topological polar surface area (TPSA) is 77.4 Å². The number of fused-ring (bicyclic) bond motifs is 1. The molecule has 10 heteroatoms. The van der Waals surface area contributed by atoms with Crippen LogP contribution in [0, 0.1) is 6.92 Å². The Kier molecular flexibility index (Phi) is 5.92. The van der Waals surface area contributed by atoms with Crippen LogP contribution in [0.15, 0.2) is 48.7 Å². The van der Waals surface area contributed by atoms with Crippen LogP contribution in [0.1, 0.15) is 40.0 Å². The molecule has 0 fully saturated rings. The number of aromatic nitrogens is 2. The molecule has 1 amide bonds. The Morgan fingerprint density at radius 2 is 1.91 bits per heavy atom. The van der Waals surface area contributed by atoms with E-state index in [2.05, 4.69) is 15.7 Å². The van der Waals surface area contributed by atoms with Crippen molar-refractivity contribution in [1.82, 2.24) is 9.78 Å². The highest BCUT2D eigenvalue weighted by Crippen LogP contribution is 2.45. The van der Waals surface area contributed by atoms with Gasteiger partial charge in [-0.3, -0.25) is 4.79 Å². The summed E-state index contributed by atoms with van der Waals surface area (Å²) >= 11 is 0. The van der Waals surface area contributed by atoms with Crippen molar-refractivity contribution in [2.24, 2.45) is 0 Å². The zero-order valence-corrected chi connectivity index (χ0v) is 18.2. The minimum atomic E-state index is -4.55. The number of hydrogen-bond acceptors (Lipinski definition) is 5. The van der Waals surface area contributed by atoms with Gasteiger partial charge in [0.1, 0.15) is 11.4 Å².